The molecular formula is C132H76N12O2S. The van der Waals surface area contributed by atoms with Gasteiger partial charge in [0, 0.05) is 95.8 Å². The van der Waals surface area contributed by atoms with Crippen LogP contribution < -0.4 is 0 Å². The molecule has 34 aromatic rings. The monoisotopic (exact) mass is 1890 g/mol. The first kappa shape index (κ1) is 81.0. The van der Waals surface area contributed by atoms with Crippen molar-refractivity contribution < 1.29 is 8.83 Å². The molecule has 0 amide bonds. The molecule has 22 aromatic carbocycles. The molecule has 0 N–H and O–H groups in total. The molecule has 0 saturated carbocycles. The molecule has 12 aromatic heterocycles. The Kier molecular flexibility index (Phi) is 17.3. The summed E-state index contributed by atoms with van der Waals surface area (Å²) < 4.78 is 28.9. The highest BCUT2D eigenvalue weighted by Gasteiger charge is 2.29. The molecule has 0 aliphatic rings. The van der Waals surface area contributed by atoms with Crippen LogP contribution in [-0.2, 0) is 0 Å². The summed E-state index contributed by atoms with van der Waals surface area (Å²) in [5.74, 6) is 2.47. The minimum absolute atomic E-state index is 0.819. The lowest BCUT2D eigenvalue weighted by atomic mass is 9.97. The maximum Gasteiger partial charge on any atom is 0.221 e. The van der Waals surface area contributed by atoms with Crippen LogP contribution in [0.15, 0.2) is 470 Å². The molecule has 34 rings (SSSR count). The van der Waals surface area contributed by atoms with E-state index in [1.807, 2.05) is 65.9 Å². The van der Waals surface area contributed by atoms with E-state index < -0.39 is 0 Å². The zero-order valence-corrected chi connectivity index (χ0v) is 79.3. The summed E-state index contributed by atoms with van der Waals surface area (Å²) >= 11 is 1.86. The lowest BCUT2D eigenvalue weighted by molar-refractivity contribution is 0.669. The molecule has 12 heterocycles. The van der Waals surface area contributed by atoms with Crippen LogP contribution in [0.5, 0.6) is 0 Å². The third kappa shape index (κ3) is 12.2. The van der Waals surface area contributed by atoms with Gasteiger partial charge in [-0.3, -0.25) is 26.9 Å². The number of furan rings is 2. The van der Waals surface area contributed by atoms with Gasteiger partial charge in [-0.2, -0.15) is 0 Å². The van der Waals surface area contributed by atoms with Gasteiger partial charge in [-0.1, -0.05) is 297 Å². The lowest BCUT2D eigenvalue weighted by Crippen LogP contribution is -2.06. The van der Waals surface area contributed by atoms with Crippen LogP contribution in [0.4, 0.5) is 0 Å². The number of thiophene rings is 1. The third-order valence-electron chi connectivity index (χ3n) is 30.3. The molecular weight excluding hydrogens is 1820 g/mol. The van der Waals surface area contributed by atoms with Gasteiger partial charge >= 0.3 is 0 Å². The van der Waals surface area contributed by atoms with Gasteiger partial charge in [0.15, 0.2) is 0 Å². The third-order valence-corrected chi connectivity index (χ3v) is 31.4. The number of aromatic nitrogens is 12. The van der Waals surface area contributed by atoms with E-state index >= 15 is 0 Å². The maximum absolute atomic E-state index is 6.37. The first-order valence-corrected chi connectivity index (χ1v) is 50.4. The number of imidazole rings is 3. The summed E-state index contributed by atoms with van der Waals surface area (Å²) in [6, 6.07) is 164. The molecule has 682 valence electrons. The Morgan fingerprint density at radius 3 is 0.966 bits per heavy atom. The van der Waals surface area contributed by atoms with Crippen molar-refractivity contribution in [2.24, 2.45) is 0 Å². The van der Waals surface area contributed by atoms with Crippen LogP contribution >= 0.6 is 11.3 Å². The fourth-order valence-corrected chi connectivity index (χ4v) is 24.8. The van der Waals surface area contributed by atoms with E-state index in [-0.39, 0.29) is 0 Å². The number of hydrogen-bond donors (Lipinski definition) is 0. The summed E-state index contributed by atoms with van der Waals surface area (Å²) in [5.41, 5.74) is 30.9. The van der Waals surface area contributed by atoms with Crippen LogP contribution in [0.3, 0.4) is 0 Å². The van der Waals surface area contributed by atoms with Gasteiger partial charge in [0.1, 0.15) is 39.3 Å². The average Bonchev–Trinajstić information content (AvgIpc) is 1.56. The van der Waals surface area contributed by atoms with Crippen LogP contribution in [0.2, 0.25) is 0 Å². The molecule has 147 heavy (non-hydrogen) atoms. The second-order valence-corrected chi connectivity index (χ2v) is 39.4. The number of hydrogen-bond acceptors (Lipinski definition) is 9. The molecule has 0 aliphatic heterocycles. The van der Waals surface area contributed by atoms with E-state index in [2.05, 4.69) is 433 Å². The van der Waals surface area contributed by atoms with Crippen molar-refractivity contribution in [3.8, 4) is 62.4 Å². The molecule has 0 unspecified atom stereocenters. The number of para-hydroxylation sites is 12. The van der Waals surface area contributed by atoms with Gasteiger partial charge in [0.25, 0.3) is 0 Å². The molecule has 0 radical (unpaired) electrons. The molecule has 15 heteroatoms. The largest absolute Gasteiger partial charge is 0.456 e. The Morgan fingerprint density at radius 1 is 0.177 bits per heavy atom. The standard InChI is InChI=1S/C48H28N4O.C42H24N4O.C42H24N4S/c1-2-11-33-30(10-1)24-27-43-45(33)38-28-32(29-20-22-31(23-21-29)34-14-9-15-36-35-12-4-8-19-44(35)53-46(34)36)25-26-41(38)51(43)48-50-39-16-5-3-13-37(39)47-49-40-17-6-7-18-42(40)52(47)48;2*1-2-10-28-25(9-1)18-22-37-40(28)32-23-26(27-17-20-30-29-11-4-8-16-38(29)47-39(30)24-27)19-21-35(32)45(37)42-44-33-13-5-3-12-31(33)41-43-34-14-6-7-15-36(34)46(41)42/h1-28H;2*1-24H. The van der Waals surface area contributed by atoms with Crippen LogP contribution in [0.1, 0.15) is 0 Å². The van der Waals surface area contributed by atoms with Gasteiger partial charge < -0.3 is 8.83 Å². The highest BCUT2D eigenvalue weighted by Crippen LogP contribution is 2.48. The van der Waals surface area contributed by atoms with E-state index in [9.17, 15) is 0 Å². The van der Waals surface area contributed by atoms with Gasteiger partial charge in [-0.25, -0.2) is 29.9 Å². The zero-order chi connectivity index (χ0) is 95.9. The molecule has 0 saturated heterocycles. The van der Waals surface area contributed by atoms with Crippen molar-refractivity contribution in [2.45, 2.75) is 0 Å². The van der Waals surface area contributed by atoms with Crippen molar-refractivity contribution in [1.82, 2.24) is 56.8 Å². The molecule has 0 spiro atoms. The Morgan fingerprint density at radius 2 is 0.497 bits per heavy atom. The summed E-state index contributed by atoms with van der Waals surface area (Å²) in [4.78, 5) is 31.5. The lowest BCUT2D eigenvalue weighted by Gasteiger charge is -2.13. The summed E-state index contributed by atoms with van der Waals surface area (Å²) in [7, 11) is 0. The second kappa shape index (κ2) is 31.4. The minimum atomic E-state index is 0.819. The SMILES string of the molecule is c1ccc2c(c1)ccc1c2c2cc(-c3ccc(-c4cccc5c4oc4ccccc45)cc3)ccc2n1-c1nc2ccccc2c2nc3ccccc3n12.c1ccc2c(c1)ccc1c2c2cc(-c3ccc4c(c3)oc3ccccc34)ccc2n1-c1nc2ccccc2c2nc3ccccc3n12.c1ccc2c(c1)ccc1c2c2cc(-c3ccc4c(c3)sc3ccccc34)ccc2n1-c1nc2ccccc2c2nc3ccccc3n12. The second-order valence-electron chi connectivity index (χ2n) is 38.3. The van der Waals surface area contributed by atoms with E-state index in [0.717, 1.165) is 211 Å². The molecule has 0 aliphatic carbocycles. The fraction of sp³-hybridized carbons (Fsp3) is 0. The molecule has 0 bridgehead atoms. The first-order valence-electron chi connectivity index (χ1n) is 49.6. The van der Waals surface area contributed by atoms with Crippen molar-refractivity contribution in [3.63, 3.8) is 0 Å². The van der Waals surface area contributed by atoms with E-state index in [1.165, 1.54) is 95.9 Å². The van der Waals surface area contributed by atoms with Crippen LogP contribution in [-0.4, -0.2) is 56.8 Å². The minimum Gasteiger partial charge on any atom is -0.456 e. The maximum atomic E-state index is 6.37. The van der Waals surface area contributed by atoms with Gasteiger partial charge in [0.2, 0.25) is 17.8 Å². The van der Waals surface area contributed by atoms with E-state index in [0.29, 0.717) is 0 Å². The highest BCUT2D eigenvalue weighted by atomic mass is 32.1. The van der Waals surface area contributed by atoms with Crippen LogP contribution in [0.25, 0.3) is 307 Å². The number of rotatable bonds is 7. The van der Waals surface area contributed by atoms with Gasteiger partial charge in [0.05, 0.1) is 82.8 Å². The molecule has 0 atom stereocenters. The quantitative estimate of drug-likeness (QED) is 0.154. The topological polar surface area (TPSA) is 132 Å². The first-order chi connectivity index (χ1) is 72.9. The summed E-state index contributed by atoms with van der Waals surface area (Å²) in [6.07, 6.45) is 0. The van der Waals surface area contributed by atoms with Crippen molar-refractivity contribution in [3.05, 3.63) is 461 Å². The highest BCUT2D eigenvalue weighted by molar-refractivity contribution is 7.25. The predicted octanol–water partition coefficient (Wildman–Crippen LogP) is 34.7. The van der Waals surface area contributed by atoms with Gasteiger partial charge in [-0.15, -0.1) is 11.3 Å². The normalized spacial score (nSPS) is 12.2. The van der Waals surface area contributed by atoms with E-state index in [4.69, 9.17) is 38.7 Å². The number of fused-ring (bicyclic) bond motifs is 39. The van der Waals surface area contributed by atoms with Crippen molar-refractivity contribution >= 4 is 256 Å². The summed E-state index contributed by atoms with van der Waals surface area (Å²) in [6.45, 7) is 0. The van der Waals surface area contributed by atoms with Gasteiger partial charge in [-0.05, 0) is 235 Å². The Labute approximate surface area is 838 Å². The van der Waals surface area contributed by atoms with E-state index in [1.54, 1.807) is 0 Å². The zero-order valence-electron chi connectivity index (χ0n) is 78.5. The molecule has 14 nitrogen and oxygen atoms in total. The Bertz CT molecular complexity index is 11300. The Hall–Kier alpha value is -19.7. The van der Waals surface area contributed by atoms with Crippen molar-refractivity contribution in [1.29, 1.82) is 0 Å². The summed E-state index contributed by atoms with van der Waals surface area (Å²) in [5, 5.41) is 24.8. The number of nitrogens with zero attached hydrogens (tertiary/aromatic N) is 12. The van der Waals surface area contributed by atoms with Crippen LogP contribution in [0, 0.1) is 0 Å². The number of benzene rings is 22. The fourth-order valence-electron chi connectivity index (χ4n) is 23.6. The average molecular weight is 1890 g/mol. The predicted molar refractivity (Wildman–Crippen MR) is 609 cm³/mol. The molecule has 0 fully saturated rings. The van der Waals surface area contributed by atoms with Crippen molar-refractivity contribution in [2.75, 3.05) is 0 Å². The Balaban J connectivity index is 0.0000000982. The smallest absolute Gasteiger partial charge is 0.221 e.